The highest BCUT2D eigenvalue weighted by Gasteiger charge is 2.19. The summed E-state index contributed by atoms with van der Waals surface area (Å²) in [6.07, 6.45) is 1.45. The first kappa shape index (κ1) is 13.1. The molecule has 1 N–H and O–H groups in total. The van der Waals surface area contributed by atoms with Crippen LogP contribution in [0, 0.1) is 0 Å². The summed E-state index contributed by atoms with van der Waals surface area (Å²) in [4.78, 5) is 0. The summed E-state index contributed by atoms with van der Waals surface area (Å²) in [6.45, 7) is 7.65. The standard InChI is InChI=1S/C6H16OSi.C3H6O2/c1-5-6-8(3,4)7-2;4-1-3-2-5-3/h5-6H2,1-4H3;3-4H,1-2H2. The van der Waals surface area contributed by atoms with E-state index in [0.29, 0.717) is 0 Å². The molecule has 0 bridgehead atoms. The van der Waals surface area contributed by atoms with Crippen LogP contribution in [-0.2, 0) is 9.16 Å². The Bertz CT molecular complexity index is 124. The normalized spacial score (nSPS) is 20.5. The lowest BCUT2D eigenvalue weighted by molar-refractivity contribution is 0.244. The van der Waals surface area contributed by atoms with Gasteiger partial charge in [0.15, 0.2) is 8.32 Å². The molecule has 0 saturated carbocycles. The Morgan fingerprint density at radius 2 is 2.08 bits per heavy atom. The van der Waals surface area contributed by atoms with Crippen molar-refractivity contribution in [1.82, 2.24) is 0 Å². The lowest BCUT2D eigenvalue weighted by Gasteiger charge is -2.17. The smallest absolute Gasteiger partial charge is 0.186 e. The maximum absolute atomic E-state index is 8.08. The van der Waals surface area contributed by atoms with Gasteiger partial charge in [-0.2, -0.15) is 0 Å². The van der Waals surface area contributed by atoms with Crippen LogP contribution < -0.4 is 0 Å². The Labute approximate surface area is 82.2 Å². The van der Waals surface area contributed by atoms with Crippen molar-refractivity contribution >= 4 is 8.32 Å². The van der Waals surface area contributed by atoms with Crippen molar-refractivity contribution < 1.29 is 14.3 Å². The van der Waals surface area contributed by atoms with E-state index in [4.69, 9.17) is 9.53 Å². The van der Waals surface area contributed by atoms with Crippen LogP contribution in [0.15, 0.2) is 0 Å². The van der Waals surface area contributed by atoms with Gasteiger partial charge < -0.3 is 14.3 Å². The van der Waals surface area contributed by atoms with Crippen LogP contribution in [-0.4, -0.2) is 39.9 Å². The molecule has 0 aromatic carbocycles. The zero-order valence-electron chi connectivity index (χ0n) is 9.17. The third-order valence-corrected chi connectivity index (χ3v) is 4.82. The monoisotopic (exact) mass is 206 g/mol. The molecule has 0 aromatic heterocycles. The van der Waals surface area contributed by atoms with Gasteiger partial charge in [0.1, 0.15) is 6.10 Å². The molecular weight excluding hydrogens is 184 g/mol. The number of rotatable bonds is 4. The van der Waals surface area contributed by atoms with Gasteiger partial charge in [0.2, 0.25) is 0 Å². The van der Waals surface area contributed by atoms with E-state index in [0.717, 1.165) is 6.61 Å². The average Bonchev–Trinajstić information content (AvgIpc) is 2.88. The van der Waals surface area contributed by atoms with Crippen LogP contribution in [0.5, 0.6) is 0 Å². The van der Waals surface area contributed by atoms with Crippen molar-refractivity contribution in [1.29, 1.82) is 0 Å². The topological polar surface area (TPSA) is 42.0 Å². The zero-order chi connectivity index (χ0) is 10.3. The molecule has 0 amide bonds. The fourth-order valence-corrected chi connectivity index (χ4v) is 2.29. The molecule has 1 aliphatic rings. The van der Waals surface area contributed by atoms with Crippen molar-refractivity contribution in [3.05, 3.63) is 0 Å². The number of hydrogen-bond donors (Lipinski definition) is 1. The summed E-state index contributed by atoms with van der Waals surface area (Å²) in [6, 6.07) is 1.28. The van der Waals surface area contributed by atoms with Crippen molar-refractivity contribution in [2.75, 3.05) is 20.3 Å². The van der Waals surface area contributed by atoms with E-state index in [2.05, 4.69) is 24.8 Å². The molecule has 1 saturated heterocycles. The van der Waals surface area contributed by atoms with Gasteiger partial charge in [-0.05, 0) is 19.1 Å². The summed E-state index contributed by atoms with van der Waals surface area (Å²) in [7, 11) is 0.644. The molecule has 1 heterocycles. The van der Waals surface area contributed by atoms with Crippen LogP contribution >= 0.6 is 0 Å². The molecule has 1 fully saturated rings. The predicted octanol–water partition coefficient (Wildman–Crippen LogP) is 1.63. The molecule has 13 heavy (non-hydrogen) atoms. The Hall–Kier alpha value is 0.0969. The Morgan fingerprint density at radius 1 is 1.54 bits per heavy atom. The molecule has 1 aliphatic heterocycles. The number of aliphatic hydroxyl groups is 1. The fourth-order valence-electron chi connectivity index (χ4n) is 0.878. The number of ether oxygens (including phenoxy) is 1. The van der Waals surface area contributed by atoms with E-state index in [9.17, 15) is 0 Å². The molecule has 0 aromatic rings. The van der Waals surface area contributed by atoms with Crippen LogP contribution in [0.4, 0.5) is 0 Å². The largest absolute Gasteiger partial charge is 0.420 e. The molecule has 0 spiro atoms. The van der Waals surface area contributed by atoms with Crippen LogP contribution in [0.2, 0.25) is 19.1 Å². The molecule has 0 radical (unpaired) electrons. The SMILES string of the molecule is CCC[Si](C)(C)OC.OCC1CO1. The molecule has 1 atom stereocenters. The molecular formula is C9H22O3Si. The van der Waals surface area contributed by atoms with E-state index in [1.54, 1.807) is 0 Å². The molecule has 1 unspecified atom stereocenters. The minimum atomic E-state index is -1.18. The first-order valence-electron chi connectivity index (χ1n) is 4.83. The quantitative estimate of drug-likeness (QED) is 0.561. The van der Waals surface area contributed by atoms with E-state index in [1.807, 2.05) is 7.11 Å². The number of aliphatic hydroxyl groups excluding tert-OH is 1. The number of epoxide rings is 1. The maximum atomic E-state index is 8.08. The third kappa shape index (κ3) is 8.43. The van der Waals surface area contributed by atoms with Crippen molar-refractivity contribution in [2.45, 2.75) is 38.6 Å². The van der Waals surface area contributed by atoms with Gasteiger partial charge in [-0.3, -0.25) is 0 Å². The van der Waals surface area contributed by atoms with E-state index < -0.39 is 8.32 Å². The Kier molecular flexibility index (Phi) is 6.58. The van der Waals surface area contributed by atoms with Crippen LogP contribution in [0.3, 0.4) is 0 Å². The van der Waals surface area contributed by atoms with Gasteiger partial charge in [0, 0.05) is 7.11 Å². The average molecular weight is 206 g/mol. The predicted molar refractivity (Wildman–Crippen MR) is 56.4 cm³/mol. The molecule has 80 valence electrons. The third-order valence-electron chi connectivity index (χ3n) is 2.01. The summed E-state index contributed by atoms with van der Waals surface area (Å²) in [5.41, 5.74) is 0. The Morgan fingerprint density at radius 3 is 2.15 bits per heavy atom. The molecule has 4 heteroatoms. The highest BCUT2D eigenvalue weighted by molar-refractivity contribution is 6.71. The fraction of sp³-hybridized carbons (Fsp3) is 1.00. The zero-order valence-corrected chi connectivity index (χ0v) is 10.2. The minimum Gasteiger partial charge on any atom is -0.420 e. The van der Waals surface area contributed by atoms with Gasteiger partial charge >= 0.3 is 0 Å². The highest BCUT2D eigenvalue weighted by atomic mass is 28.4. The van der Waals surface area contributed by atoms with Gasteiger partial charge in [-0.1, -0.05) is 13.3 Å². The minimum absolute atomic E-state index is 0.190. The molecule has 1 rings (SSSR count). The first-order chi connectivity index (χ1) is 6.05. The number of hydrogen-bond acceptors (Lipinski definition) is 3. The highest BCUT2D eigenvalue weighted by Crippen LogP contribution is 2.10. The van der Waals surface area contributed by atoms with Crippen molar-refractivity contribution in [3.8, 4) is 0 Å². The summed E-state index contributed by atoms with van der Waals surface area (Å²) < 4.78 is 9.92. The summed E-state index contributed by atoms with van der Waals surface area (Å²) in [5.74, 6) is 0. The molecule has 3 nitrogen and oxygen atoms in total. The van der Waals surface area contributed by atoms with Gasteiger partial charge in [0.05, 0.1) is 13.2 Å². The first-order valence-corrected chi connectivity index (χ1v) is 7.95. The Balaban J connectivity index is 0.000000243. The van der Waals surface area contributed by atoms with Crippen LogP contribution in [0.25, 0.3) is 0 Å². The lowest BCUT2D eigenvalue weighted by Crippen LogP contribution is -2.27. The second kappa shape index (κ2) is 6.54. The molecule has 0 aliphatic carbocycles. The van der Waals surface area contributed by atoms with E-state index >= 15 is 0 Å². The van der Waals surface area contributed by atoms with Crippen molar-refractivity contribution in [2.24, 2.45) is 0 Å². The van der Waals surface area contributed by atoms with Gasteiger partial charge in [-0.25, -0.2) is 0 Å². The maximum Gasteiger partial charge on any atom is 0.186 e. The van der Waals surface area contributed by atoms with E-state index in [-0.39, 0.29) is 12.7 Å². The van der Waals surface area contributed by atoms with Crippen LogP contribution in [0.1, 0.15) is 13.3 Å². The second-order valence-electron chi connectivity index (χ2n) is 3.85. The summed E-state index contributed by atoms with van der Waals surface area (Å²) >= 11 is 0. The lowest BCUT2D eigenvalue weighted by atomic mass is 10.5. The van der Waals surface area contributed by atoms with Crippen molar-refractivity contribution in [3.63, 3.8) is 0 Å². The summed E-state index contributed by atoms with van der Waals surface area (Å²) in [5, 5.41) is 8.08. The second-order valence-corrected chi connectivity index (χ2v) is 8.28. The van der Waals surface area contributed by atoms with Gasteiger partial charge in [-0.15, -0.1) is 0 Å². The van der Waals surface area contributed by atoms with E-state index in [1.165, 1.54) is 12.5 Å². The van der Waals surface area contributed by atoms with Gasteiger partial charge in [0.25, 0.3) is 0 Å².